The Morgan fingerprint density at radius 2 is 1.77 bits per heavy atom. The number of aromatic nitrogens is 2. The summed E-state index contributed by atoms with van der Waals surface area (Å²) < 4.78 is 5.35. The molecule has 3 aromatic rings. The molecule has 0 spiro atoms. The van der Waals surface area contributed by atoms with Crippen molar-refractivity contribution < 1.29 is 9.32 Å². The van der Waals surface area contributed by atoms with Gasteiger partial charge in [-0.25, -0.2) is 4.79 Å². The highest BCUT2D eigenvalue weighted by Gasteiger charge is 2.23. The van der Waals surface area contributed by atoms with Crippen LogP contribution in [0.4, 0.5) is 10.5 Å². The Morgan fingerprint density at radius 1 is 1.00 bits per heavy atom. The maximum Gasteiger partial charge on any atom is 0.321 e. The second kappa shape index (κ2) is 9.22. The van der Waals surface area contributed by atoms with Gasteiger partial charge in [-0.2, -0.15) is 4.98 Å². The zero-order valence-corrected chi connectivity index (χ0v) is 18.1. The number of amides is 2. The van der Waals surface area contributed by atoms with Crippen LogP contribution < -0.4 is 5.32 Å². The lowest BCUT2D eigenvalue weighted by Gasteiger charge is -2.34. The first-order valence-electron chi connectivity index (χ1n) is 9.30. The van der Waals surface area contributed by atoms with Crippen LogP contribution in [0.15, 0.2) is 47.0 Å². The molecule has 156 valence electrons. The highest BCUT2D eigenvalue weighted by Crippen LogP contribution is 2.27. The van der Waals surface area contributed by atoms with Crippen LogP contribution in [-0.2, 0) is 6.54 Å². The summed E-state index contributed by atoms with van der Waals surface area (Å²) >= 11 is 18.1. The van der Waals surface area contributed by atoms with Gasteiger partial charge in [0.25, 0.3) is 5.89 Å². The Kier molecular flexibility index (Phi) is 6.43. The van der Waals surface area contributed by atoms with E-state index in [2.05, 4.69) is 20.4 Å². The summed E-state index contributed by atoms with van der Waals surface area (Å²) in [6.07, 6.45) is 0. The van der Waals surface area contributed by atoms with Gasteiger partial charge >= 0.3 is 6.03 Å². The van der Waals surface area contributed by atoms with Crippen LogP contribution in [0, 0.1) is 0 Å². The third-order valence-electron chi connectivity index (χ3n) is 4.77. The average Bonchev–Trinajstić information content (AvgIpc) is 3.20. The van der Waals surface area contributed by atoms with Gasteiger partial charge in [0, 0.05) is 31.9 Å². The summed E-state index contributed by atoms with van der Waals surface area (Å²) in [6.45, 7) is 3.11. The number of rotatable bonds is 4. The van der Waals surface area contributed by atoms with Crippen LogP contribution in [0.1, 0.15) is 5.82 Å². The summed E-state index contributed by atoms with van der Waals surface area (Å²) in [5.74, 6) is 0.980. The van der Waals surface area contributed by atoms with E-state index >= 15 is 0 Å². The third-order valence-corrected chi connectivity index (χ3v) is 5.84. The molecule has 1 aromatic heterocycles. The van der Waals surface area contributed by atoms with Crippen LogP contribution >= 0.6 is 34.8 Å². The Hall–Kier alpha value is -2.32. The smallest absolute Gasteiger partial charge is 0.321 e. The zero-order valence-electron chi connectivity index (χ0n) is 15.8. The van der Waals surface area contributed by atoms with Crippen LogP contribution in [0.5, 0.6) is 0 Å². The fourth-order valence-corrected chi connectivity index (χ4v) is 3.66. The van der Waals surface area contributed by atoms with Crippen molar-refractivity contribution in [2.45, 2.75) is 6.54 Å². The fourth-order valence-electron chi connectivity index (χ4n) is 3.15. The molecule has 0 saturated carbocycles. The van der Waals surface area contributed by atoms with Gasteiger partial charge in [0.05, 0.1) is 27.2 Å². The number of nitrogens with one attached hydrogen (secondary N) is 1. The summed E-state index contributed by atoms with van der Waals surface area (Å²) in [7, 11) is 0. The molecule has 4 rings (SSSR count). The van der Waals surface area contributed by atoms with Gasteiger partial charge in [0.15, 0.2) is 5.82 Å². The molecule has 10 heteroatoms. The predicted octanol–water partition coefficient (Wildman–Crippen LogP) is 5.05. The first-order valence-corrected chi connectivity index (χ1v) is 10.4. The number of urea groups is 1. The number of carbonyl (C=O) groups is 1. The number of hydrogen-bond acceptors (Lipinski definition) is 5. The molecule has 30 heavy (non-hydrogen) atoms. The normalized spacial score (nSPS) is 14.7. The van der Waals surface area contributed by atoms with Gasteiger partial charge < -0.3 is 14.7 Å². The number of carbonyl (C=O) groups excluding carboxylic acids is 1. The van der Waals surface area contributed by atoms with Crippen LogP contribution in [0.3, 0.4) is 0 Å². The molecule has 0 unspecified atom stereocenters. The third kappa shape index (κ3) is 4.87. The quantitative estimate of drug-likeness (QED) is 0.582. The standard InChI is InChI=1S/C20H18Cl3N5O2/c21-15-4-2-1-3-14(15)19-25-18(26-30-19)12-27-7-9-28(10-8-27)20(29)24-13-5-6-16(22)17(23)11-13/h1-6,11H,7-10,12H2,(H,24,29). The summed E-state index contributed by atoms with van der Waals surface area (Å²) in [6, 6.07) is 12.2. The lowest BCUT2D eigenvalue weighted by molar-refractivity contribution is 0.140. The molecule has 1 aliphatic heterocycles. The van der Waals surface area contributed by atoms with E-state index in [9.17, 15) is 4.79 Å². The van der Waals surface area contributed by atoms with Gasteiger partial charge in [-0.05, 0) is 30.3 Å². The van der Waals surface area contributed by atoms with E-state index in [1.807, 2.05) is 18.2 Å². The van der Waals surface area contributed by atoms with Gasteiger partial charge in [-0.3, -0.25) is 4.90 Å². The molecule has 2 heterocycles. The number of anilines is 1. The molecule has 0 atom stereocenters. The molecule has 0 bridgehead atoms. The monoisotopic (exact) mass is 465 g/mol. The first-order chi connectivity index (χ1) is 14.5. The minimum Gasteiger partial charge on any atom is -0.334 e. The van der Waals surface area contributed by atoms with Crippen molar-refractivity contribution in [2.75, 3.05) is 31.5 Å². The molecule has 0 radical (unpaired) electrons. The van der Waals surface area contributed by atoms with Gasteiger partial charge in [0.2, 0.25) is 0 Å². The molecular formula is C20H18Cl3N5O2. The maximum atomic E-state index is 12.5. The van der Waals surface area contributed by atoms with Gasteiger partial charge in [-0.1, -0.05) is 52.1 Å². The second-order valence-corrected chi connectivity index (χ2v) is 8.04. The second-order valence-electron chi connectivity index (χ2n) is 6.82. The topological polar surface area (TPSA) is 74.5 Å². The molecule has 1 saturated heterocycles. The number of benzene rings is 2. The Bertz CT molecular complexity index is 1050. The van der Waals surface area contributed by atoms with Crippen molar-refractivity contribution in [1.82, 2.24) is 19.9 Å². The van der Waals surface area contributed by atoms with Crippen molar-refractivity contribution >= 4 is 46.5 Å². The van der Waals surface area contributed by atoms with E-state index in [1.54, 1.807) is 29.2 Å². The Balaban J connectivity index is 1.30. The van der Waals surface area contributed by atoms with Crippen molar-refractivity contribution in [3.63, 3.8) is 0 Å². The molecule has 1 N–H and O–H groups in total. The van der Waals surface area contributed by atoms with Crippen molar-refractivity contribution in [3.8, 4) is 11.5 Å². The Morgan fingerprint density at radius 3 is 2.50 bits per heavy atom. The van der Waals surface area contributed by atoms with Crippen molar-refractivity contribution in [1.29, 1.82) is 0 Å². The van der Waals surface area contributed by atoms with Crippen LogP contribution in [0.2, 0.25) is 15.1 Å². The Labute approximate surface area is 188 Å². The lowest BCUT2D eigenvalue weighted by atomic mass is 10.2. The molecule has 7 nitrogen and oxygen atoms in total. The summed E-state index contributed by atoms with van der Waals surface area (Å²) in [5, 5.41) is 8.30. The summed E-state index contributed by atoms with van der Waals surface area (Å²) in [5.41, 5.74) is 1.32. The van der Waals surface area contributed by atoms with E-state index in [0.29, 0.717) is 70.8 Å². The zero-order chi connectivity index (χ0) is 21.1. The molecule has 1 aliphatic rings. The predicted molar refractivity (Wildman–Crippen MR) is 117 cm³/mol. The molecule has 2 aromatic carbocycles. The number of hydrogen-bond donors (Lipinski definition) is 1. The maximum absolute atomic E-state index is 12.5. The molecular weight excluding hydrogens is 449 g/mol. The number of piperazine rings is 1. The van der Waals surface area contributed by atoms with Crippen molar-refractivity contribution in [2.24, 2.45) is 0 Å². The average molecular weight is 467 g/mol. The van der Waals surface area contributed by atoms with Gasteiger partial charge in [-0.15, -0.1) is 0 Å². The molecule has 1 fully saturated rings. The van der Waals surface area contributed by atoms with E-state index in [0.717, 1.165) is 0 Å². The first kappa shape index (κ1) is 20.9. The number of halogens is 3. The lowest BCUT2D eigenvalue weighted by Crippen LogP contribution is -2.49. The van der Waals surface area contributed by atoms with Crippen LogP contribution in [0.25, 0.3) is 11.5 Å². The number of nitrogens with zero attached hydrogens (tertiary/aromatic N) is 4. The van der Waals surface area contributed by atoms with E-state index in [4.69, 9.17) is 39.3 Å². The van der Waals surface area contributed by atoms with Crippen LogP contribution in [-0.4, -0.2) is 52.2 Å². The highest BCUT2D eigenvalue weighted by molar-refractivity contribution is 6.42. The molecule has 0 aliphatic carbocycles. The molecule has 2 amide bonds. The minimum atomic E-state index is -0.173. The van der Waals surface area contributed by atoms with Gasteiger partial charge in [0.1, 0.15) is 0 Å². The van der Waals surface area contributed by atoms with E-state index < -0.39 is 0 Å². The fraction of sp³-hybridized carbons (Fsp3) is 0.250. The van der Waals surface area contributed by atoms with E-state index in [-0.39, 0.29) is 6.03 Å². The largest absolute Gasteiger partial charge is 0.334 e. The SMILES string of the molecule is O=C(Nc1ccc(Cl)c(Cl)c1)N1CCN(Cc2noc(-c3ccccc3Cl)n2)CC1. The highest BCUT2D eigenvalue weighted by atomic mass is 35.5. The van der Waals surface area contributed by atoms with Crippen molar-refractivity contribution in [3.05, 3.63) is 63.4 Å². The summed E-state index contributed by atoms with van der Waals surface area (Å²) in [4.78, 5) is 20.9. The minimum absolute atomic E-state index is 0.173. The van der Waals surface area contributed by atoms with E-state index in [1.165, 1.54) is 0 Å².